The zero-order valence-corrected chi connectivity index (χ0v) is 27.5. The smallest absolute Gasteiger partial charge is 0.0605 e. The highest BCUT2D eigenvalue weighted by Crippen LogP contribution is 2.44. The largest absolute Gasteiger partial charge is 0.380 e. The number of nitrogens with one attached hydrogen (secondary N) is 1. The number of anilines is 4. The summed E-state index contributed by atoms with van der Waals surface area (Å²) < 4.78 is 3.65. The van der Waals surface area contributed by atoms with E-state index in [1.165, 1.54) is 64.4 Å². The molecule has 3 nitrogen and oxygen atoms in total. The number of para-hydroxylation sites is 2. The van der Waals surface area contributed by atoms with Crippen LogP contribution in [0.15, 0.2) is 164 Å². The third kappa shape index (κ3) is 4.64. The number of nitrogens with zero attached hydrogens (tertiary/aromatic N) is 2. The fraction of sp³-hybridized carbons (Fsp3) is 0.0222. The molecule has 0 spiro atoms. The molecule has 0 aliphatic carbocycles. The minimum atomic E-state index is 0.868. The van der Waals surface area contributed by atoms with Gasteiger partial charge >= 0.3 is 0 Å². The first-order valence-electron chi connectivity index (χ1n) is 16.7. The average Bonchev–Trinajstić information content (AvgIpc) is 3.70. The van der Waals surface area contributed by atoms with E-state index >= 15 is 0 Å². The van der Waals surface area contributed by atoms with E-state index in [0.29, 0.717) is 0 Å². The monoisotopic (exact) mass is 645 g/mol. The number of rotatable bonds is 5. The molecule has 0 saturated heterocycles. The fourth-order valence-corrected chi connectivity index (χ4v) is 8.59. The first-order valence-corrected chi connectivity index (χ1v) is 17.6. The molecule has 232 valence electrons. The van der Waals surface area contributed by atoms with Crippen LogP contribution in [0.2, 0.25) is 0 Å². The summed E-state index contributed by atoms with van der Waals surface area (Å²) in [5.41, 5.74) is 10.6. The standard InChI is InChI=1S/C45H31N3S/c1-2-11-34(12-3-1)48-41-14-7-6-13-38(41)40-28-36(23-25-42(40)48)47(37-22-24-39-44(29-37)49-43-15-8-26-46-45(39)43)35-20-18-31(19-21-35)33-17-16-30-9-4-5-10-32(30)27-33/h1-25,27-29,46H,26H2. The van der Waals surface area contributed by atoms with Crippen molar-refractivity contribution < 1.29 is 0 Å². The Balaban J connectivity index is 1.15. The summed E-state index contributed by atoms with van der Waals surface area (Å²) >= 11 is 1.85. The summed E-state index contributed by atoms with van der Waals surface area (Å²) in [5.74, 6) is 0. The predicted molar refractivity (Wildman–Crippen MR) is 211 cm³/mol. The van der Waals surface area contributed by atoms with Crippen molar-refractivity contribution in [3.8, 4) is 16.8 Å². The third-order valence-electron chi connectivity index (χ3n) is 9.76. The quantitative estimate of drug-likeness (QED) is 0.201. The molecule has 9 aromatic rings. The van der Waals surface area contributed by atoms with Gasteiger partial charge in [0.2, 0.25) is 0 Å². The van der Waals surface area contributed by atoms with Gasteiger partial charge in [0.25, 0.3) is 0 Å². The summed E-state index contributed by atoms with van der Waals surface area (Å²) in [5, 5.41) is 9.86. The number of hydrogen-bond acceptors (Lipinski definition) is 3. The van der Waals surface area contributed by atoms with Crippen LogP contribution in [0.3, 0.4) is 0 Å². The lowest BCUT2D eigenvalue weighted by molar-refractivity contribution is 1.18. The lowest BCUT2D eigenvalue weighted by Crippen LogP contribution is -2.10. The molecular formula is C45H31N3S. The van der Waals surface area contributed by atoms with Crippen molar-refractivity contribution in [3.63, 3.8) is 0 Å². The Morgan fingerprint density at radius 3 is 2.14 bits per heavy atom. The van der Waals surface area contributed by atoms with Crippen LogP contribution < -0.4 is 10.2 Å². The summed E-state index contributed by atoms with van der Waals surface area (Å²) in [6.45, 7) is 0.868. The maximum Gasteiger partial charge on any atom is 0.0605 e. The van der Waals surface area contributed by atoms with Crippen LogP contribution >= 0.6 is 11.3 Å². The van der Waals surface area contributed by atoms with E-state index in [9.17, 15) is 0 Å². The van der Waals surface area contributed by atoms with Gasteiger partial charge in [-0.1, -0.05) is 91.0 Å². The molecule has 2 aromatic heterocycles. The maximum atomic E-state index is 3.59. The van der Waals surface area contributed by atoms with Crippen molar-refractivity contribution in [2.75, 3.05) is 16.8 Å². The Hall–Kier alpha value is -6.10. The molecule has 4 heteroatoms. The molecule has 0 radical (unpaired) electrons. The zero-order valence-electron chi connectivity index (χ0n) is 26.7. The average molecular weight is 646 g/mol. The van der Waals surface area contributed by atoms with Crippen molar-refractivity contribution in [2.45, 2.75) is 0 Å². The molecule has 0 saturated carbocycles. The van der Waals surface area contributed by atoms with E-state index in [2.05, 4.69) is 185 Å². The van der Waals surface area contributed by atoms with Crippen LogP contribution in [0, 0.1) is 0 Å². The SMILES string of the molecule is C1=Cc2sc3cc(N(c4ccc(-c5ccc6ccccc6c5)cc4)c4ccc5c(c4)c4ccccc4n5-c4ccccc4)ccc3c2NC1. The lowest BCUT2D eigenvalue weighted by Gasteiger charge is -2.26. The Bertz CT molecular complexity index is 2720. The molecule has 1 aliphatic heterocycles. The third-order valence-corrected chi connectivity index (χ3v) is 10.9. The minimum Gasteiger partial charge on any atom is -0.380 e. The van der Waals surface area contributed by atoms with Gasteiger partial charge in [-0.25, -0.2) is 0 Å². The molecule has 0 unspecified atom stereocenters. The van der Waals surface area contributed by atoms with Gasteiger partial charge in [-0.2, -0.15) is 0 Å². The number of hydrogen-bond donors (Lipinski definition) is 1. The van der Waals surface area contributed by atoms with Crippen LogP contribution in [-0.2, 0) is 0 Å². The molecular weight excluding hydrogens is 615 g/mol. The van der Waals surface area contributed by atoms with Gasteiger partial charge in [0, 0.05) is 50.2 Å². The summed E-state index contributed by atoms with van der Waals surface area (Å²) in [6.07, 6.45) is 4.44. The molecule has 1 N–H and O–H groups in total. The number of aromatic nitrogens is 1. The predicted octanol–water partition coefficient (Wildman–Crippen LogP) is 12.7. The van der Waals surface area contributed by atoms with E-state index in [0.717, 1.165) is 29.3 Å². The highest BCUT2D eigenvalue weighted by Gasteiger charge is 2.20. The number of fused-ring (bicyclic) bond motifs is 7. The maximum absolute atomic E-state index is 3.59. The molecule has 0 amide bonds. The fourth-order valence-electron chi connectivity index (χ4n) is 7.44. The highest BCUT2D eigenvalue weighted by atomic mass is 32.1. The van der Waals surface area contributed by atoms with Crippen LogP contribution in [-0.4, -0.2) is 11.1 Å². The first-order chi connectivity index (χ1) is 24.3. The Morgan fingerprint density at radius 1 is 0.531 bits per heavy atom. The van der Waals surface area contributed by atoms with Crippen molar-refractivity contribution in [3.05, 3.63) is 169 Å². The second kappa shape index (κ2) is 11.3. The van der Waals surface area contributed by atoms with E-state index in [4.69, 9.17) is 0 Å². The van der Waals surface area contributed by atoms with Crippen LogP contribution in [0.25, 0.3) is 65.6 Å². The Labute approximate surface area is 288 Å². The molecule has 0 fully saturated rings. The molecule has 49 heavy (non-hydrogen) atoms. The zero-order chi connectivity index (χ0) is 32.3. The lowest BCUT2D eigenvalue weighted by atomic mass is 10.0. The van der Waals surface area contributed by atoms with E-state index in [1.807, 2.05) is 11.3 Å². The number of thiophene rings is 1. The van der Waals surface area contributed by atoms with Gasteiger partial charge in [-0.3, -0.25) is 0 Å². The molecule has 10 rings (SSSR count). The normalized spacial score (nSPS) is 12.5. The second-order valence-corrected chi connectivity index (χ2v) is 13.7. The van der Waals surface area contributed by atoms with Crippen molar-refractivity contribution in [1.82, 2.24) is 4.57 Å². The summed E-state index contributed by atoms with van der Waals surface area (Å²) in [6, 6.07) is 57.5. The van der Waals surface area contributed by atoms with Gasteiger partial charge in [0.15, 0.2) is 0 Å². The summed E-state index contributed by atoms with van der Waals surface area (Å²) in [7, 11) is 0. The van der Waals surface area contributed by atoms with Crippen LogP contribution in [0.1, 0.15) is 4.88 Å². The topological polar surface area (TPSA) is 20.2 Å². The second-order valence-electron chi connectivity index (χ2n) is 12.6. The van der Waals surface area contributed by atoms with Gasteiger partial charge in [0.05, 0.1) is 21.6 Å². The van der Waals surface area contributed by atoms with Gasteiger partial charge in [-0.15, -0.1) is 11.3 Å². The van der Waals surface area contributed by atoms with E-state index in [1.54, 1.807) is 0 Å². The van der Waals surface area contributed by atoms with E-state index < -0.39 is 0 Å². The minimum absolute atomic E-state index is 0.868. The van der Waals surface area contributed by atoms with Crippen molar-refractivity contribution >= 4 is 82.8 Å². The number of benzene rings is 7. The molecule has 7 aromatic carbocycles. The van der Waals surface area contributed by atoms with Gasteiger partial charge < -0.3 is 14.8 Å². The van der Waals surface area contributed by atoms with Gasteiger partial charge in [-0.05, 0) is 101 Å². The van der Waals surface area contributed by atoms with Gasteiger partial charge in [0.1, 0.15) is 0 Å². The van der Waals surface area contributed by atoms with Crippen molar-refractivity contribution in [2.24, 2.45) is 0 Å². The van der Waals surface area contributed by atoms with Crippen LogP contribution in [0.4, 0.5) is 22.7 Å². The van der Waals surface area contributed by atoms with Crippen molar-refractivity contribution in [1.29, 1.82) is 0 Å². The highest BCUT2D eigenvalue weighted by molar-refractivity contribution is 7.20. The van der Waals surface area contributed by atoms with Crippen LogP contribution in [0.5, 0.6) is 0 Å². The molecule has 1 aliphatic rings. The Kier molecular flexibility index (Phi) is 6.42. The Morgan fingerprint density at radius 2 is 1.24 bits per heavy atom. The first kappa shape index (κ1) is 28.0. The summed E-state index contributed by atoms with van der Waals surface area (Å²) in [4.78, 5) is 3.69. The molecule has 0 atom stereocenters. The van der Waals surface area contributed by atoms with E-state index in [-0.39, 0.29) is 0 Å². The molecule has 0 bridgehead atoms. The molecule has 3 heterocycles.